The van der Waals surface area contributed by atoms with Crippen molar-refractivity contribution in [2.45, 2.75) is 72.6 Å². The molecular formula is C13H28. The fourth-order valence-corrected chi connectivity index (χ4v) is 2.56. The van der Waals surface area contributed by atoms with Gasteiger partial charge in [-0.25, -0.2) is 0 Å². The van der Waals surface area contributed by atoms with E-state index in [0.717, 1.165) is 11.8 Å². The summed E-state index contributed by atoms with van der Waals surface area (Å²) in [6.07, 6.45) is 10.3. The van der Waals surface area contributed by atoms with Crippen LogP contribution in [-0.4, -0.2) is 0 Å². The zero-order valence-electron chi connectivity index (χ0n) is 10.1. The Labute approximate surface area is 85.1 Å². The van der Waals surface area contributed by atoms with Crippen molar-refractivity contribution in [1.29, 1.82) is 0 Å². The van der Waals surface area contributed by atoms with Gasteiger partial charge in [0.25, 0.3) is 0 Å². The van der Waals surface area contributed by atoms with E-state index in [1.54, 1.807) is 0 Å². The van der Waals surface area contributed by atoms with Crippen LogP contribution in [0, 0.1) is 11.8 Å². The van der Waals surface area contributed by atoms with Gasteiger partial charge in [0.1, 0.15) is 0 Å². The third-order valence-electron chi connectivity index (χ3n) is 3.37. The summed E-state index contributed by atoms with van der Waals surface area (Å²) in [6.45, 7) is 8.70. The van der Waals surface area contributed by atoms with Crippen molar-refractivity contribution < 1.29 is 0 Å². The van der Waals surface area contributed by atoms with E-state index in [-0.39, 0.29) is 0 Å². The lowest BCUT2D eigenvalue weighted by atomic mass is 9.78. The number of hydrogen-bond donors (Lipinski definition) is 0. The second-order valence-electron chi connectivity index (χ2n) is 3.97. The molecule has 13 heavy (non-hydrogen) atoms. The van der Waals surface area contributed by atoms with Gasteiger partial charge in [0.2, 0.25) is 0 Å². The van der Waals surface area contributed by atoms with Crippen molar-refractivity contribution in [1.82, 2.24) is 0 Å². The molecule has 80 valence electrons. The lowest BCUT2D eigenvalue weighted by Crippen LogP contribution is -2.16. The van der Waals surface area contributed by atoms with Gasteiger partial charge in [-0.3, -0.25) is 0 Å². The maximum atomic E-state index is 2.35. The third kappa shape index (κ3) is 4.69. The van der Waals surface area contributed by atoms with E-state index in [4.69, 9.17) is 0 Å². The van der Waals surface area contributed by atoms with Crippen molar-refractivity contribution in [2.24, 2.45) is 11.8 Å². The van der Waals surface area contributed by atoms with Gasteiger partial charge in [-0.1, -0.05) is 72.6 Å². The van der Waals surface area contributed by atoms with Crippen LogP contribution in [0.5, 0.6) is 0 Å². The first kappa shape index (κ1) is 13.0. The normalized spacial score (nSPS) is 18.2. The SMILES string of the molecule is CC.CCC(CC)C1CCCCC1. The van der Waals surface area contributed by atoms with Gasteiger partial charge in [-0.15, -0.1) is 0 Å². The first-order chi connectivity index (χ1) is 6.38. The van der Waals surface area contributed by atoms with E-state index in [1.165, 1.54) is 44.9 Å². The molecule has 1 rings (SSSR count). The molecule has 1 fully saturated rings. The van der Waals surface area contributed by atoms with Crippen molar-refractivity contribution in [3.63, 3.8) is 0 Å². The Hall–Kier alpha value is 0. The molecule has 0 aromatic carbocycles. The van der Waals surface area contributed by atoms with E-state index in [0.29, 0.717) is 0 Å². The van der Waals surface area contributed by atoms with Crippen molar-refractivity contribution >= 4 is 0 Å². The highest BCUT2D eigenvalue weighted by atomic mass is 14.3. The second-order valence-corrected chi connectivity index (χ2v) is 3.97. The predicted molar refractivity (Wildman–Crippen MR) is 62.0 cm³/mol. The van der Waals surface area contributed by atoms with Gasteiger partial charge in [-0.2, -0.15) is 0 Å². The largest absolute Gasteiger partial charge is 0.0683 e. The molecule has 0 atom stereocenters. The maximum Gasteiger partial charge on any atom is -0.0386 e. The molecule has 0 heterocycles. The predicted octanol–water partition coefficient (Wildman–Crippen LogP) is 5.03. The number of hydrogen-bond acceptors (Lipinski definition) is 0. The second kappa shape index (κ2) is 8.59. The van der Waals surface area contributed by atoms with Gasteiger partial charge in [-0.05, 0) is 11.8 Å². The van der Waals surface area contributed by atoms with Crippen LogP contribution in [0.15, 0.2) is 0 Å². The Balaban J connectivity index is 0.000000671. The highest BCUT2D eigenvalue weighted by molar-refractivity contribution is 4.71. The molecule has 0 unspecified atom stereocenters. The molecule has 1 saturated carbocycles. The molecule has 0 heteroatoms. The highest BCUT2D eigenvalue weighted by Crippen LogP contribution is 2.33. The summed E-state index contributed by atoms with van der Waals surface area (Å²) in [5.74, 6) is 2.12. The third-order valence-corrected chi connectivity index (χ3v) is 3.37. The van der Waals surface area contributed by atoms with Gasteiger partial charge in [0, 0.05) is 0 Å². The van der Waals surface area contributed by atoms with Crippen LogP contribution in [-0.2, 0) is 0 Å². The van der Waals surface area contributed by atoms with Crippen LogP contribution in [0.2, 0.25) is 0 Å². The molecule has 0 nitrogen and oxygen atoms in total. The van der Waals surface area contributed by atoms with Crippen molar-refractivity contribution in [2.75, 3.05) is 0 Å². The van der Waals surface area contributed by atoms with Gasteiger partial charge >= 0.3 is 0 Å². The zero-order valence-corrected chi connectivity index (χ0v) is 10.1. The molecule has 0 bridgehead atoms. The smallest absolute Gasteiger partial charge is 0.0386 e. The van der Waals surface area contributed by atoms with Gasteiger partial charge in [0.05, 0.1) is 0 Å². The van der Waals surface area contributed by atoms with Crippen LogP contribution < -0.4 is 0 Å². The minimum Gasteiger partial charge on any atom is -0.0683 e. The summed E-state index contributed by atoms with van der Waals surface area (Å²) >= 11 is 0. The van der Waals surface area contributed by atoms with Crippen LogP contribution in [0.3, 0.4) is 0 Å². The molecule has 0 radical (unpaired) electrons. The lowest BCUT2D eigenvalue weighted by molar-refractivity contribution is 0.236. The fourth-order valence-electron chi connectivity index (χ4n) is 2.56. The summed E-state index contributed by atoms with van der Waals surface area (Å²) in [5, 5.41) is 0. The summed E-state index contributed by atoms with van der Waals surface area (Å²) in [6, 6.07) is 0. The first-order valence-electron chi connectivity index (χ1n) is 6.38. The molecule has 0 saturated heterocycles. The monoisotopic (exact) mass is 184 g/mol. The lowest BCUT2D eigenvalue weighted by Gasteiger charge is -2.28. The summed E-state index contributed by atoms with van der Waals surface area (Å²) in [4.78, 5) is 0. The summed E-state index contributed by atoms with van der Waals surface area (Å²) in [7, 11) is 0. The minimum absolute atomic E-state index is 1.04. The molecule has 1 aliphatic carbocycles. The van der Waals surface area contributed by atoms with E-state index >= 15 is 0 Å². The first-order valence-corrected chi connectivity index (χ1v) is 6.38. The molecule has 1 aliphatic rings. The topological polar surface area (TPSA) is 0 Å². The fraction of sp³-hybridized carbons (Fsp3) is 1.00. The Morgan fingerprint density at radius 1 is 0.923 bits per heavy atom. The van der Waals surface area contributed by atoms with Crippen LogP contribution >= 0.6 is 0 Å². The van der Waals surface area contributed by atoms with Crippen LogP contribution in [0.25, 0.3) is 0 Å². The molecule has 0 aliphatic heterocycles. The van der Waals surface area contributed by atoms with E-state index in [9.17, 15) is 0 Å². The van der Waals surface area contributed by atoms with Crippen LogP contribution in [0.1, 0.15) is 72.6 Å². The minimum atomic E-state index is 1.04. The average Bonchev–Trinajstić information content (AvgIpc) is 2.24. The Bertz CT molecular complexity index is 86.2. The summed E-state index contributed by atoms with van der Waals surface area (Å²) < 4.78 is 0. The van der Waals surface area contributed by atoms with Gasteiger partial charge in [0.15, 0.2) is 0 Å². The molecular weight excluding hydrogens is 156 g/mol. The summed E-state index contributed by atoms with van der Waals surface area (Å²) in [5.41, 5.74) is 0. The molecule has 0 aromatic heterocycles. The quantitative estimate of drug-likeness (QED) is 0.577. The van der Waals surface area contributed by atoms with Gasteiger partial charge < -0.3 is 0 Å². The molecule has 0 spiro atoms. The Morgan fingerprint density at radius 3 is 1.77 bits per heavy atom. The Morgan fingerprint density at radius 2 is 1.38 bits per heavy atom. The molecule has 0 N–H and O–H groups in total. The molecule has 0 aromatic rings. The maximum absolute atomic E-state index is 2.35. The molecule has 0 amide bonds. The van der Waals surface area contributed by atoms with E-state index in [2.05, 4.69) is 13.8 Å². The van der Waals surface area contributed by atoms with E-state index < -0.39 is 0 Å². The van der Waals surface area contributed by atoms with Crippen LogP contribution in [0.4, 0.5) is 0 Å². The zero-order chi connectivity index (χ0) is 10.1. The average molecular weight is 184 g/mol. The van der Waals surface area contributed by atoms with Crippen molar-refractivity contribution in [3.8, 4) is 0 Å². The highest BCUT2D eigenvalue weighted by Gasteiger charge is 2.20. The standard InChI is InChI=1S/C11H22.C2H6/c1-3-10(4-2)11-8-6-5-7-9-11;1-2/h10-11H,3-9H2,1-2H3;1-2H3. The number of rotatable bonds is 3. The Kier molecular flexibility index (Phi) is 8.59. The van der Waals surface area contributed by atoms with E-state index in [1.807, 2.05) is 13.8 Å². The van der Waals surface area contributed by atoms with Crippen molar-refractivity contribution in [3.05, 3.63) is 0 Å².